The van der Waals surface area contributed by atoms with E-state index in [4.69, 9.17) is 0 Å². The summed E-state index contributed by atoms with van der Waals surface area (Å²) < 4.78 is 27.6. The molecule has 0 bridgehead atoms. The quantitative estimate of drug-likeness (QED) is 0.571. The van der Waals surface area contributed by atoms with Crippen LogP contribution in [0, 0.1) is 0 Å². The maximum atomic E-state index is 12.9. The third kappa shape index (κ3) is 5.32. The first-order valence-electron chi connectivity index (χ1n) is 9.41. The van der Waals surface area contributed by atoms with Crippen molar-refractivity contribution in [3.05, 3.63) is 90.0 Å². The van der Waals surface area contributed by atoms with E-state index in [2.05, 4.69) is 4.98 Å². The maximum absolute atomic E-state index is 12.9. The topological polar surface area (TPSA) is 72.3 Å². The molecule has 3 rings (SSSR count). The Morgan fingerprint density at radius 3 is 2.24 bits per heavy atom. The third-order valence-electron chi connectivity index (χ3n) is 4.85. The number of imidazole rings is 1. The molecule has 29 heavy (non-hydrogen) atoms. The van der Waals surface area contributed by atoms with Crippen LogP contribution in [0.5, 0.6) is 0 Å². The number of benzene rings is 2. The zero-order chi connectivity index (χ0) is 20.9. The van der Waals surface area contributed by atoms with Gasteiger partial charge in [-0.2, -0.15) is 0 Å². The molecule has 152 valence electrons. The van der Waals surface area contributed by atoms with Gasteiger partial charge in [-0.15, -0.1) is 0 Å². The Morgan fingerprint density at radius 2 is 1.62 bits per heavy atom. The lowest BCUT2D eigenvalue weighted by molar-refractivity contribution is -0.129. The zero-order valence-electron chi connectivity index (χ0n) is 16.6. The summed E-state index contributed by atoms with van der Waals surface area (Å²) in [5, 5.41) is -1.14. The van der Waals surface area contributed by atoms with Gasteiger partial charge in [0, 0.05) is 32.5 Å². The molecule has 1 unspecified atom stereocenters. The Balaban J connectivity index is 1.69. The van der Waals surface area contributed by atoms with E-state index in [0.29, 0.717) is 18.9 Å². The first-order chi connectivity index (χ1) is 13.9. The molecule has 7 heteroatoms. The van der Waals surface area contributed by atoms with Gasteiger partial charge in [0.1, 0.15) is 16.8 Å². The van der Waals surface area contributed by atoms with E-state index < -0.39 is 21.0 Å². The van der Waals surface area contributed by atoms with Gasteiger partial charge >= 0.3 is 0 Å². The number of carbonyl (C=O) groups is 1. The Bertz CT molecular complexity index is 1050. The molecular weight excluding hydrogens is 386 g/mol. The lowest BCUT2D eigenvalue weighted by Gasteiger charge is -2.21. The van der Waals surface area contributed by atoms with Crippen molar-refractivity contribution >= 4 is 15.7 Å². The molecule has 0 fully saturated rings. The van der Waals surface area contributed by atoms with Crippen molar-refractivity contribution in [3.63, 3.8) is 0 Å². The van der Waals surface area contributed by atoms with Gasteiger partial charge in [-0.1, -0.05) is 60.7 Å². The minimum absolute atomic E-state index is 0.279. The SMILES string of the molecule is CC(C(=O)N(C)Cc1ccccc1)S(=O)(=O)Cc1nccn1Cc1ccccc1. The van der Waals surface area contributed by atoms with Crippen LogP contribution in [-0.4, -0.2) is 41.1 Å². The van der Waals surface area contributed by atoms with Crippen LogP contribution in [0.3, 0.4) is 0 Å². The third-order valence-corrected chi connectivity index (χ3v) is 6.79. The molecule has 0 aliphatic carbocycles. The predicted octanol–water partition coefficient (Wildman–Crippen LogP) is 2.89. The molecule has 2 aromatic carbocycles. The molecule has 6 nitrogen and oxygen atoms in total. The first kappa shape index (κ1) is 20.8. The Labute approximate surface area is 171 Å². The number of sulfone groups is 1. The van der Waals surface area contributed by atoms with Gasteiger partial charge in [0.2, 0.25) is 5.91 Å². The van der Waals surface area contributed by atoms with Crippen molar-refractivity contribution in [3.8, 4) is 0 Å². The van der Waals surface area contributed by atoms with Crippen molar-refractivity contribution < 1.29 is 13.2 Å². The van der Waals surface area contributed by atoms with Crippen LogP contribution in [0.15, 0.2) is 73.1 Å². The number of hydrogen-bond acceptors (Lipinski definition) is 4. The molecule has 0 aliphatic heterocycles. The standard InChI is InChI=1S/C22H25N3O3S/c1-18(22(26)24(2)15-19-9-5-3-6-10-19)29(27,28)17-21-23-13-14-25(21)16-20-11-7-4-8-12-20/h3-14,18H,15-17H2,1-2H3. The summed E-state index contributed by atoms with van der Waals surface area (Å²) in [5.41, 5.74) is 2.00. The normalized spacial score (nSPS) is 12.5. The lowest BCUT2D eigenvalue weighted by Crippen LogP contribution is -2.39. The fourth-order valence-corrected chi connectivity index (χ4v) is 4.45. The van der Waals surface area contributed by atoms with Crippen LogP contribution < -0.4 is 0 Å². The average Bonchev–Trinajstić information content (AvgIpc) is 3.14. The van der Waals surface area contributed by atoms with E-state index in [1.54, 1.807) is 24.0 Å². The summed E-state index contributed by atoms with van der Waals surface area (Å²) in [4.78, 5) is 18.4. The number of rotatable bonds is 8. The molecule has 1 heterocycles. The van der Waals surface area contributed by atoms with E-state index >= 15 is 0 Å². The summed E-state index contributed by atoms with van der Waals surface area (Å²) in [7, 11) is -2.09. The van der Waals surface area contributed by atoms with Crippen molar-refractivity contribution in [2.24, 2.45) is 0 Å². The fraction of sp³-hybridized carbons (Fsp3) is 0.273. The van der Waals surface area contributed by atoms with Crippen LogP contribution in [0.25, 0.3) is 0 Å². The van der Waals surface area contributed by atoms with E-state index in [0.717, 1.165) is 11.1 Å². The number of amides is 1. The van der Waals surface area contributed by atoms with E-state index in [1.165, 1.54) is 11.8 Å². The van der Waals surface area contributed by atoms with Crippen molar-refractivity contribution in [1.29, 1.82) is 0 Å². The largest absolute Gasteiger partial charge is 0.340 e. The van der Waals surface area contributed by atoms with Gasteiger partial charge in [0.25, 0.3) is 0 Å². The minimum Gasteiger partial charge on any atom is -0.340 e. The summed E-state index contributed by atoms with van der Waals surface area (Å²) in [6, 6.07) is 19.2. The molecule has 0 spiro atoms. The van der Waals surface area contributed by atoms with Gasteiger partial charge in [-0.05, 0) is 18.1 Å². The summed E-state index contributed by atoms with van der Waals surface area (Å²) in [6.45, 7) is 2.34. The molecule has 1 aromatic heterocycles. The van der Waals surface area contributed by atoms with Crippen molar-refractivity contribution in [1.82, 2.24) is 14.5 Å². The van der Waals surface area contributed by atoms with Gasteiger partial charge in [0.15, 0.2) is 9.84 Å². The lowest BCUT2D eigenvalue weighted by atomic mass is 10.2. The van der Waals surface area contributed by atoms with Crippen LogP contribution in [-0.2, 0) is 33.5 Å². The number of nitrogens with zero attached hydrogens (tertiary/aromatic N) is 3. The van der Waals surface area contributed by atoms with Gasteiger partial charge in [-0.3, -0.25) is 4.79 Å². The molecular formula is C22H25N3O3S. The first-order valence-corrected chi connectivity index (χ1v) is 11.1. The number of aromatic nitrogens is 2. The van der Waals surface area contributed by atoms with Crippen molar-refractivity contribution in [2.45, 2.75) is 31.0 Å². The average molecular weight is 412 g/mol. The Kier molecular flexibility index (Phi) is 6.49. The van der Waals surface area contributed by atoms with Gasteiger partial charge in [-0.25, -0.2) is 13.4 Å². The number of hydrogen-bond donors (Lipinski definition) is 0. The molecule has 0 aliphatic rings. The van der Waals surface area contributed by atoms with E-state index in [9.17, 15) is 13.2 Å². The molecule has 1 amide bonds. The van der Waals surface area contributed by atoms with E-state index in [1.807, 2.05) is 60.7 Å². The smallest absolute Gasteiger partial charge is 0.240 e. The Hall–Kier alpha value is -2.93. The van der Waals surface area contributed by atoms with Gasteiger partial charge < -0.3 is 9.47 Å². The second-order valence-electron chi connectivity index (χ2n) is 7.09. The summed E-state index contributed by atoms with van der Waals surface area (Å²) in [5.74, 6) is -0.270. The second-order valence-corrected chi connectivity index (χ2v) is 9.41. The van der Waals surface area contributed by atoms with E-state index in [-0.39, 0.29) is 5.75 Å². The van der Waals surface area contributed by atoms with Crippen LogP contribution in [0.1, 0.15) is 23.9 Å². The number of carbonyl (C=O) groups excluding carboxylic acids is 1. The van der Waals surface area contributed by atoms with Crippen LogP contribution >= 0.6 is 0 Å². The molecule has 0 radical (unpaired) electrons. The molecule has 0 saturated heterocycles. The van der Waals surface area contributed by atoms with Gasteiger partial charge in [0.05, 0.1) is 0 Å². The summed E-state index contributed by atoms with van der Waals surface area (Å²) >= 11 is 0. The molecule has 0 N–H and O–H groups in total. The highest BCUT2D eigenvalue weighted by Crippen LogP contribution is 2.15. The molecule has 3 aromatic rings. The molecule has 0 saturated carbocycles. The highest BCUT2D eigenvalue weighted by atomic mass is 32.2. The fourth-order valence-electron chi connectivity index (χ4n) is 3.11. The maximum Gasteiger partial charge on any atom is 0.240 e. The van der Waals surface area contributed by atoms with Crippen LogP contribution in [0.4, 0.5) is 0 Å². The van der Waals surface area contributed by atoms with Crippen molar-refractivity contribution in [2.75, 3.05) is 7.05 Å². The monoisotopic (exact) mass is 411 g/mol. The summed E-state index contributed by atoms with van der Waals surface area (Å²) in [6.07, 6.45) is 3.34. The Morgan fingerprint density at radius 1 is 1.03 bits per heavy atom. The van der Waals surface area contributed by atoms with Crippen LogP contribution in [0.2, 0.25) is 0 Å². The second kappa shape index (κ2) is 9.05. The predicted molar refractivity (Wildman–Crippen MR) is 113 cm³/mol. The minimum atomic E-state index is -3.71. The highest BCUT2D eigenvalue weighted by molar-refractivity contribution is 7.92. The molecule has 1 atom stereocenters. The zero-order valence-corrected chi connectivity index (χ0v) is 17.4. The highest BCUT2D eigenvalue weighted by Gasteiger charge is 2.31.